The van der Waals surface area contributed by atoms with Gasteiger partial charge in [-0.2, -0.15) is 5.53 Å². The van der Waals surface area contributed by atoms with Gasteiger partial charge in [-0.25, -0.2) is 0 Å². The molecule has 2 aromatic carbocycles. The lowest BCUT2D eigenvalue weighted by atomic mass is 10.1. The van der Waals surface area contributed by atoms with Gasteiger partial charge in [0.15, 0.2) is 0 Å². The number of benzene rings is 2. The Labute approximate surface area is 125 Å². The summed E-state index contributed by atoms with van der Waals surface area (Å²) in [5, 5.41) is 3.75. The third-order valence-corrected chi connectivity index (χ3v) is 3.62. The highest BCUT2D eigenvalue weighted by Gasteiger charge is 2.12. The van der Waals surface area contributed by atoms with Crippen molar-refractivity contribution in [2.24, 2.45) is 5.11 Å². The maximum atomic E-state index is 5.81. The average Bonchev–Trinajstić information content (AvgIpc) is 2.52. The van der Waals surface area contributed by atoms with Crippen LogP contribution in [0.2, 0.25) is 0 Å². The summed E-state index contributed by atoms with van der Waals surface area (Å²) in [6.45, 7) is 4.77. The standard InChI is InChI=1S/C17H21N3O/c1-13-11-15(9-10-17(13)19-18)20(3)14(2)12-21-16-7-5-4-6-8-16/h4-11,14,18H,12H2,1-3H3/p+1. The summed E-state index contributed by atoms with van der Waals surface area (Å²) in [5.74, 6) is 0.895. The molecule has 0 fully saturated rings. The molecule has 4 nitrogen and oxygen atoms in total. The molecule has 0 aliphatic rings. The van der Waals surface area contributed by atoms with Crippen LogP contribution in [0.3, 0.4) is 0 Å². The van der Waals surface area contributed by atoms with Crippen molar-refractivity contribution in [3.63, 3.8) is 0 Å². The van der Waals surface area contributed by atoms with E-state index in [9.17, 15) is 0 Å². The number of anilines is 1. The van der Waals surface area contributed by atoms with Crippen LogP contribution >= 0.6 is 0 Å². The van der Waals surface area contributed by atoms with Gasteiger partial charge in [0.05, 0.1) is 6.04 Å². The van der Waals surface area contributed by atoms with Gasteiger partial charge in [0, 0.05) is 12.7 Å². The fraction of sp³-hybridized carbons (Fsp3) is 0.294. The SMILES string of the molecule is Cc1cc(N(C)C(C)COc2ccccc2)ccc1N=[NH2+]. The Bertz CT molecular complexity index is 598. The third kappa shape index (κ3) is 3.81. The molecule has 2 aromatic rings. The van der Waals surface area contributed by atoms with Gasteiger partial charge in [0.2, 0.25) is 0 Å². The van der Waals surface area contributed by atoms with Crippen molar-refractivity contribution in [2.75, 3.05) is 18.6 Å². The zero-order valence-corrected chi connectivity index (χ0v) is 12.8. The Kier molecular flexibility index (Phi) is 4.93. The number of rotatable bonds is 6. The highest BCUT2D eigenvalue weighted by Crippen LogP contribution is 2.24. The van der Waals surface area contributed by atoms with Gasteiger partial charge < -0.3 is 9.64 Å². The number of likely N-dealkylation sites (N-methyl/N-ethyl adjacent to an activating group) is 1. The zero-order chi connectivity index (χ0) is 15.2. The summed E-state index contributed by atoms with van der Waals surface area (Å²) in [4.78, 5) is 2.19. The minimum absolute atomic E-state index is 0.255. The lowest BCUT2D eigenvalue weighted by Gasteiger charge is -2.27. The van der Waals surface area contributed by atoms with Gasteiger partial charge >= 0.3 is 0 Å². The maximum absolute atomic E-state index is 5.81. The molecule has 4 heteroatoms. The summed E-state index contributed by atoms with van der Waals surface area (Å²) in [6, 6.07) is 16.2. The Hall–Kier alpha value is -2.36. The molecule has 21 heavy (non-hydrogen) atoms. The fourth-order valence-electron chi connectivity index (χ4n) is 2.10. The second-order valence-electron chi connectivity index (χ2n) is 5.18. The van der Waals surface area contributed by atoms with E-state index in [0.717, 1.165) is 22.7 Å². The minimum Gasteiger partial charge on any atom is -0.491 e. The summed E-state index contributed by atoms with van der Waals surface area (Å²) >= 11 is 0. The van der Waals surface area contributed by atoms with E-state index in [1.807, 2.05) is 49.4 Å². The Morgan fingerprint density at radius 3 is 2.52 bits per heavy atom. The molecule has 0 aliphatic carbocycles. The van der Waals surface area contributed by atoms with E-state index < -0.39 is 0 Å². The minimum atomic E-state index is 0.255. The summed E-state index contributed by atoms with van der Waals surface area (Å²) in [5.41, 5.74) is 8.36. The van der Waals surface area contributed by atoms with Gasteiger partial charge in [-0.15, -0.1) is 0 Å². The first-order valence-electron chi connectivity index (χ1n) is 7.04. The fourth-order valence-corrected chi connectivity index (χ4v) is 2.10. The molecule has 0 aliphatic heterocycles. The number of nitrogens with two attached hydrogens (primary N) is 1. The Balaban J connectivity index is 2.00. The molecule has 0 heterocycles. The topological polar surface area (TPSA) is 50.4 Å². The van der Waals surface area contributed by atoms with Gasteiger partial charge in [0.1, 0.15) is 18.0 Å². The second kappa shape index (κ2) is 6.88. The predicted octanol–water partition coefficient (Wildman–Crippen LogP) is 2.74. The highest BCUT2D eigenvalue weighted by atomic mass is 16.5. The van der Waals surface area contributed by atoms with E-state index in [1.165, 1.54) is 0 Å². The Morgan fingerprint density at radius 2 is 1.90 bits per heavy atom. The number of aryl methyl sites for hydroxylation is 1. The first kappa shape index (κ1) is 15.0. The summed E-state index contributed by atoms with van der Waals surface area (Å²) in [6.07, 6.45) is 0. The third-order valence-electron chi connectivity index (χ3n) is 3.62. The molecule has 0 spiro atoms. The molecule has 0 aromatic heterocycles. The molecule has 2 rings (SSSR count). The second-order valence-corrected chi connectivity index (χ2v) is 5.18. The number of ether oxygens (including phenoxy) is 1. The molecule has 0 bridgehead atoms. The van der Waals surface area contributed by atoms with Crippen molar-refractivity contribution in [3.05, 3.63) is 54.1 Å². The van der Waals surface area contributed by atoms with Crippen molar-refractivity contribution in [3.8, 4) is 5.75 Å². The van der Waals surface area contributed by atoms with Crippen molar-refractivity contribution in [2.45, 2.75) is 19.9 Å². The van der Waals surface area contributed by atoms with Gasteiger partial charge in [-0.1, -0.05) is 18.2 Å². The smallest absolute Gasteiger partial charge is 0.133 e. The van der Waals surface area contributed by atoms with Crippen LogP contribution in [0.25, 0.3) is 0 Å². The first-order valence-corrected chi connectivity index (χ1v) is 7.04. The lowest BCUT2D eigenvalue weighted by molar-refractivity contribution is -0.210. The number of hydrogen-bond acceptors (Lipinski definition) is 3. The van der Waals surface area contributed by atoms with Crippen LogP contribution in [-0.2, 0) is 0 Å². The molecule has 2 N–H and O–H groups in total. The normalized spacial score (nSPS) is 11.8. The quantitative estimate of drug-likeness (QED) is 0.829. The van der Waals surface area contributed by atoms with E-state index in [1.54, 1.807) is 0 Å². The molecule has 1 unspecified atom stereocenters. The Morgan fingerprint density at radius 1 is 1.19 bits per heavy atom. The molecule has 0 saturated carbocycles. The average molecular weight is 284 g/mol. The molecular formula is C17H22N3O+. The van der Waals surface area contributed by atoms with Crippen LogP contribution in [0.4, 0.5) is 11.4 Å². The van der Waals surface area contributed by atoms with Crippen molar-refractivity contribution >= 4 is 11.4 Å². The van der Waals surface area contributed by atoms with Gasteiger partial charge in [0.25, 0.3) is 0 Å². The van der Waals surface area contributed by atoms with Crippen LogP contribution < -0.4 is 15.2 Å². The summed E-state index contributed by atoms with van der Waals surface area (Å²) in [7, 11) is 2.06. The van der Waals surface area contributed by atoms with Crippen LogP contribution in [0.5, 0.6) is 5.75 Å². The van der Waals surface area contributed by atoms with Crippen molar-refractivity contribution in [1.29, 1.82) is 0 Å². The molecule has 0 radical (unpaired) electrons. The van der Waals surface area contributed by atoms with Crippen molar-refractivity contribution in [1.82, 2.24) is 0 Å². The van der Waals surface area contributed by atoms with E-state index in [2.05, 4.69) is 30.1 Å². The first-order chi connectivity index (χ1) is 10.1. The van der Waals surface area contributed by atoms with E-state index in [-0.39, 0.29) is 6.04 Å². The van der Waals surface area contributed by atoms with Gasteiger partial charge in [-0.05, 0) is 54.9 Å². The van der Waals surface area contributed by atoms with Crippen LogP contribution in [0.1, 0.15) is 12.5 Å². The summed E-state index contributed by atoms with van der Waals surface area (Å²) < 4.78 is 5.81. The van der Waals surface area contributed by atoms with E-state index in [4.69, 9.17) is 10.3 Å². The molecule has 1 atom stereocenters. The highest BCUT2D eigenvalue weighted by molar-refractivity contribution is 5.57. The van der Waals surface area contributed by atoms with Crippen LogP contribution in [0.15, 0.2) is 53.6 Å². The number of para-hydroxylation sites is 1. The van der Waals surface area contributed by atoms with Gasteiger partial charge in [-0.3, -0.25) is 0 Å². The predicted molar refractivity (Wildman–Crippen MR) is 85.0 cm³/mol. The van der Waals surface area contributed by atoms with Crippen LogP contribution in [0, 0.1) is 6.92 Å². The molecule has 110 valence electrons. The monoisotopic (exact) mass is 284 g/mol. The van der Waals surface area contributed by atoms with E-state index in [0.29, 0.717) is 6.61 Å². The lowest BCUT2D eigenvalue weighted by Crippen LogP contribution is -2.34. The maximum Gasteiger partial charge on any atom is 0.133 e. The number of hydrogen-bond donors (Lipinski definition) is 1. The molecule has 0 amide bonds. The van der Waals surface area contributed by atoms with Crippen LogP contribution in [-0.4, -0.2) is 19.7 Å². The van der Waals surface area contributed by atoms with Crippen molar-refractivity contribution < 1.29 is 10.3 Å². The zero-order valence-electron chi connectivity index (χ0n) is 12.8. The molecular weight excluding hydrogens is 262 g/mol. The van der Waals surface area contributed by atoms with E-state index >= 15 is 0 Å². The molecule has 0 saturated heterocycles. The number of nitrogens with zero attached hydrogens (tertiary/aromatic N) is 2. The largest absolute Gasteiger partial charge is 0.491 e.